The zero-order chi connectivity index (χ0) is 19.4. The molecule has 2 amide bonds. The van der Waals surface area contributed by atoms with Gasteiger partial charge in [-0.1, -0.05) is 12.1 Å². The summed E-state index contributed by atoms with van der Waals surface area (Å²) in [5.74, 6) is 0.507. The Morgan fingerprint density at radius 2 is 1.78 bits per heavy atom. The minimum atomic E-state index is -0.336. The van der Waals surface area contributed by atoms with Crippen molar-refractivity contribution in [1.82, 2.24) is 19.6 Å². The van der Waals surface area contributed by atoms with Crippen LogP contribution in [0.15, 0.2) is 41.2 Å². The zero-order valence-corrected chi connectivity index (χ0v) is 15.4. The van der Waals surface area contributed by atoms with Gasteiger partial charge in [-0.2, -0.15) is 5.10 Å². The molecule has 1 aliphatic rings. The Kier molecular flexibility index (Phi) is 5.54. The Hall–Kier alpha value is -3.16. The second-order valence-electron chi connectivity index (χ2n) is 6.33. The second-order valence-corrected chi connectivity index (χ2v) is 6.33. The molecule has 0 saturated carbocycles. The molecule has 8 heteroatoms. The summed E-state index contributed by atoms with van der Waals surface area (Å²) in [6, 6.07) is 10.4. The molecule has 3 rings (SSSR count). The normalized spacial score (nSPS) is 14.1. The van der Waals surface area contributed by atoms with E-state index in [2.05, 4.69) is 5.10 Å². The molecule has 1 aromatic carbocycles. The highest BCUT2D eigenvalue weighted by molar-refractivity contribution is 5.77. The molecule has 0 bridgehead atoms. The molecule has 1 aliphatic heterocycles. The lowest BCUT2D eigenvalue weighted by Gasteiger charge is -2.34. The number of nitrogens with zero attached hydrogens (tertiary/aromatic N) is 4. The number of piperazine rings is 1. The largest absolute Gasteiger partial charge is 0.497 e. The molecule has 27 heavy (non-hydrogen) atoms. The molecule has 0 radical (unpaired) electrons. The molecule has 1 fully saturated rings. The summed E-state index contributed by atoms with van der Waals surface area (Å²) in [6.45, 7) is 3.33. The molecule has 0 spiro atoms. The van der Waals surface area contributed by atoms with E-state index in [1.54, 1.807) is 23.0 Å². The molecule has 0 aliphatic carbocycles. The maximum atomic E-state index is 12.5. The lowest BCUT2D eigenvalue weighted by Crippen LogP contribution is -2.51. The third-order valence-electron chi connectivity index (χ3n) is 4.59. The van der Waals surface area contributed by atoms with Gasteiger partial charge >= 0.3 is 0 Å². The highest BCUT2D eigenvalue weighted by Crippen LogP contribution is 2.21. The van der Waals surface area contributed by atoms with Gasteiger partial charge in [0, 0.05) is 44.7 Å². The Morgan fingerprint density at radius 1 is 1.07 bits per heavy atom. The first-order valence-electron chi connectivity index (χ1n) is 8.74. The van der Waals surface area contributed by atoms with E-state index in [1.165, 1.54) is 17.7 Å². The number of aromatic nitrogens is 2. The fourth-order valence-electron chi connectivity index (χ4n) is 3.00. The van der Waals surface area contributed by atoms with Crippen LogP contribution in [0.25, 0.3) is 11.3 Å². The van der Waals surface area contributed by atoms with Gasteiger partial charge in [0.05, 0.1) is 12.8 Å². The maximum absolute atomic E-state index is 12.5. The van der Waals surface area contributed by atoms with Crippen LogP contribution in [0.3, 0.4) is 0 Å². The van der Waals surface area contributed by atoms with Crippen LogP contribution in [0, 0.1) is 0 Å². The van der Waals surface area contributed by atoms with E-state index >= 15 is 0 Å². The standard InChI is InChI=1S/C19H22N4O4/c1-14(24)21-8-10-22(11-9-21)19(26)13-23-18(25)7-6-17(20-23)15-4-3-5-16(12-15)27-2/h3-7,12H,8-11,13H2,1-2H3. The predicted octanol–water partition coefficient (Wildman–Crippen LogP) is 0.610. The first-order valence-corrected chi connectivity index (χ1v) is 8.74. The van der Waals surface area contributed by atoms with Crippen LogP contribution in [0.2, 0.25) is 0 Å². The van der Waals surface area contributed by atoms with Crippen LogP contribution in [-0.2, 0) is 16.1 Å². The highest BCUT2D eigenvalue weighted by atomic mass is 16.5. The molecule has 1 aromatic heterocycles. The molecule has 0 N–H and O–H groups in total. The molecule has 1 saturated heterocycles. The summed E-state index contributed by atoms with van der Waals surface area (Å²) < 4.78 is 6.39. The highest BCUT2D eigenvalue weighted by Gasteiger charge is 2.23. The average Bonchev–Trinajstić information content (AvgIpc) is 2.69. The van der Waals surface area contributed by atoms with E-state index in [9.17, 15) is 14.4 Å². The van der Waals surface area contributed by atoms with Crippen molar-refractivity contribution in [3.05, 3.63) is 46.8 Å². The molecular weight excluding hydrogens is 348 g/mol. The molecule has 0 unspecified atom stereocenters. The van der Waals surface area contributed by atoms with Gasteiger partial charge in [-0.25, -0.2) is 4.68 Å². The van der Waals surface area contributed by atoms with E-state index in [-0.39, 0.29) is 23.9 Å². The minimum Gasteiger partial charge on any atom is -0.497 e. The first-order chi connectivity index (χ1) is 13.0. The van der Waals surface area contributed by atoms with E-state index in [0.717, 1.165) is 5.56 Å². The van der Waals surface area contributed by atoms with Gasteiger partial charge in [-0.15, -0.1) is 0 Å². The summed E-state index contributed by atoms with van der Waals surface area (Å²) >= 11 is 0. The number of ether oxygens (including phenoxy) is 1. The number of carbonyl (C=O) groups is 2. The number of carbonyl (C=O) groups excluding carboxylic acids is 2. The van der Waals surface area contributed by atoms with Crippen molar-refractivity contribution in [1.29, 1.82) is 0 Å². The third kappa shape index (κ3) is 4.33. The van der Waals surface area contributed by atoms with Crippen molar-refractivity contribution >= 4 is 11.8 Å². The predicted molar refractivity (Wildman–Crippen MR) is 99.3 cm³/mol. The molecule has 0 atom stereocenters. The van der Waals surface area contributed by atoms with Crippen molar-refractivity contribution < 1.29 is 14.3 Å². The van der Waals surface area contributed by atoms with E-state index in [4.69, 9.17) is 4.74 Å². The monoisotopic (exact) mass is 370 g/mol. The van der Waals surface area contributed by atoms with Gasteiger partial charge in [0.25, 0.3) is 5.56 Å². The number of hydrogen-bond donors (Lipinski definition) is 0. The van der Waals surface area contributed by atoms with Gasteiger partial charge in [-0.05, 0) is 18.2 Å². The smallest absolute Gasteiger partial charge is 0.267 e. The summed E-state index contributed by atoms with van der Waals surface area (Å²) in [7, 11) is 1.58. The first kappa shape index (κ1) is 18.6. The fourth-order valence-corrected chi connectivity index (χ4v) is 3.00. The van der Waals surface area contributed by atoms with Gasteiger partial charge in [0.15, 0.2) is 0 Å². The fraction of sp³-hybridized carbons (Fsp3) is 0.368. The number of amides is 2. The van der Waals surface area contributed by atoms with Crippen molar-refractivity contribution in [2.45, 2.75) is 13.5 Å². The SMILES string of the molecule is COc1cccc(-c2ccc(=O)n(CC(=O)N3CCN(C(C)=O)CC3)n2)c1. The van der Waals surface area contributed by atoms with Crippen LogP contribution >= 0.6 is 0 Å². The molecular formula is C19H22N4O4. The number of methoxy groups -OCH3 is 1. The van der Waals surface area contributed by atoms with Crippen molar-refractivity contribution in [2.24, 2.45) is 0 Å². The number of hydrogen-bond acceptors (Lipinski definition) is 5. The average molecular weight is 370 g/mol. The summed E-state index contributed by atoms with van der Waals surface area (Å²) in [6.07, 6.45) is 0. The Morgan fingerprint density at radius 3 is 2.44 bits per heavy atom. The van der Waals surface area contributed by atoms with Crippen LogP contribution < -0.4 is 10.3 Å². The Balaban J connectivity index is 1.74. The lowest BCUT2D eigenvalue weighted by molar-refractivity contribution is -0.139. The van der Waals surface area contributed by atoms with Gasteiger partial charge in [0.1, 0.15) is 12.3 Å². The lowest BCUT2D eigenvalue weighted by atomic mass is 10.1. The Labute approximate surface area is 157 Å². The van der Waals surface area contributed by atoms with Crippen LogP contribution in [-0.4, -0.2) is 64.7 Å². The van der Waals surface area contributed by atoms with Crippen molar-refractivity contribution in [3.8, 4) is 17.0 Å². The molecule has 142 valence electrons. The van der Waals surface area contributed by atoms with E-state index in [1.807, 2.05) is 24.3 Å². The number of benzene rings is 1. The molecule has 2 aromatic rings. The van der Waals surface area contributed by atoms with Crippen molar-refractivity contribution in [2.75, 3.05) is 33.3 Å². The van der Waals surface area contributed by atoms with E-state index < -0.39 is 0 Å². The summed E-state index contributed by atoms with van der Waals surface area (Å²) in [5, 5.41) is 4.33. The molecule has 8 nitrogen and oxygen atoms in total. The van der Waals surface area contributed by atoms with Gasteiger partial charge in [-0.3, -0.25) is 14.4 Å². The topological polar surface area (TPSA) is 84.7 Å². The van der Waals surface area contributed by atoms with Gasteiger partial charge in [0.2, 0.25) is 11.8 Å². The minimum absolute atomic E-state index is 0.00553. The Bertz CT molecular complexity index is 901. The maximum Gasteiger partial charge on any atom is 0.267 e. The summed E-state index contributed by atoms with van der Waals surface area (Å²) in [4.78, 5) is 39.4. The van der Waals surface area contributed by atoms with E-state index in [0.29, 0.717) is 37.6 Å². The van der Waals surface area contributed by atoms with Crippen LogP contribution in [0.1, 0.15) is 6.92 Å². The second kappa shape index (κ2) is 8.03. The summed E-state index contributed by atoms with van der Waals surface area (Å²) in [5.41, 5.74) is 1.05. The zero-order valence-electron chi connectivity index (χ0n) is 15.4. The van der Waals surface area contributed by atoms with Crippen LogP contribution in [0.4, 0.5) is 0 Å². The van der Waals surface area contributed by atoms with Crippen molar-refractivity contribution in [3.63, 3.8) is 0 Å². The van der Waals surface area contributed by atoms with Gasteiger partial charge < -0.3 is 14.5 Å². The quantitative estimate of drug-likeness (QED) is 0.787. The van der Waals surface area contributed by atoms with Crippen LogP contribution in [0.5, 0.6) is 5.75 Å². The number of rotatable bonds is 4. The molecule has 2 heterocycles. The third-order valence-corrected chi connectivity index (χ3v) is 4.59.